The van der Waals surface area contributed by atoms with Crippen LogP contribution in [0.4, 0.5) is 0 Å². The third-order valence-corrected chi connectivity index (χ3v) is 6.82. The molecule has 3 unspecified atom stereocenters. The largest absolute Gasteiger partial charge is 0.481 e. The van der Waals surface area contributed by atoms with Crippen molar-refractivity contribution in [2.75, 3.05) is 13.1 Å². The van der Waals surface area contributed by atoms with E-state index in [0.29, 0.717) is 25.9 Å². The highest BCUT2D eigenvalue weighted by atomic mass is 32.2. The second-order valence-corrected chi connectivity index (χ2v) is 7.61. The van der Waals surface area contributed by atoms with Crippen LogP contribution in [-0.2, 0) is 15.0 Å². The minimum absolute atomic E-state index is 0.0990. The van der Waals surface area contributed by atoms with Gasteiger partial charge in [0.2, 0.25) is 0 Å². The summed E-state index contributed by atoms with van der Waals surface area (Å²) in [7, 11) is -3.46. The number of rotatable bonds is 3. The quantitative estimate of drug-likeness (QED) is 0.827. The maximum absolute atomic E-state index is 12.7. The van der Waals surface area contributed by atoms with Crippen molar-refractivity contribution in [2.45, 2.75) is 50.6 Å². The molecular formula is C12H20N2O4S. The molecule has 3 fully saturated rings. The van der Waals surface area contributed by atoms with Crippen LogP contribution in [0.5, 0.6) is 0 Å². The van der Waals surface area contributed by atoms with Crippen molar-refractivity contribution in [1.29, 1.82) is 0 Å². The molecule has 3 atom stereocenters. The zero-order valence-electron chi connectivity index (χ0n) is 10.9. The molecule has 0 saturated carbocycles. The fourth-order valence-corrected chi connectivity index (χ4v) is 5.94. The standard InChI is InChI=1S/C12H20N2O4S/c15-12(16)10-8-9-4-5-11(10)14(9)19(17,18)13-6-2-1-3-7-13/h9-11H,1-8H2,(H,15,16). The molecule has 3 aliphatic heterocycles. The number of fused-ring (bicyclic) bond motifs is 2. The van der Waals surface area contributed by atoms with E-state index in [0.717, 1.165) is 25.7 Å². The number of aliphatic carboxylic acids is 1. The van der Waals surface area contributed by atoms with Crippen molar-refractivity contribution in [3.63, 3.8) is 0 Å². The molecule has 0 aliphatic carbocycles. The Labute approximate surface area is 113 Å². The van der Waals surface area contributed by atoms with Crippen LogP contribution in [0.2, 0.25) is 0 Å². The van der Waals surface area contributed by atoms with Gasteiger partial charge in [0.25, 0.3) is 10.2 Å². The maximum Gasteiger partial charge on any atom is 0.308 e. The highest BCUT2D eigenvalue weighted by Gasteiger charge is 2.55. The molecule has 0 aromatic rings. The zero-order chi connectivity index (χ0) is 13.6. The van der Waals surface area contributed by atoms with Gasteiger partial charge < -0.3 is 5.11 Å². The van der Waals surface area contributed by atoms with Gasteiger partial charge in [-0.3, -0.25) is 4.79 Å². The van der Waals surface area contributed by atoms with Crippen molar-refractivity contribution in [2.24, 2.45) is 5.92 Å². The molecule has 0 aromatic heterocycles. The first-order valence-electron chi connectivity index (χ1n) is 7.03. The molecule has 3 saturated heterocycles. The van der Waals surface area contributed by atoms with Gasteiger partial charge in [-0.25, -0.2) is 0 Å². The van der Waals surface area contributed by atoms with E-state index in [-0.39, 0.29) is 12.1 Å². The number of piperidine rings is 1. The Kier molecular flexibility index (Phi) is 3.31. The smallest absolute Gasteiger partial charge is 0.308 e. The predicted octanol–water partition coefficient (Wildman–Crippen LogP) is 0.655. The van der Waals surface area contributed by atoms with Gasteiger partial charge in [-0.1, -0.05) is 6.42 Å². The molecule has 0 amide bonds. The lowest BCUT2D eigenvalue weighted by molar-refractivity contribution is -0.142. The average molecular weight is 288 g/mol. The van der Waals surface area contributed by atoms with E-state index < -0.39 is 22.1 Å². The molecule has 3 aliphatic rings. The Morgan fingerprint density at radius 1 is 1.11 bits per heavy atom. The number of carboxylic acid groups (broad SMARTS) is 1. The van der Waals surface area contributed by atoms with Crippen LogP contribution in [0.15, 0.2) is 0 Å². The number of hydrogen-bond donors (Lipinski definition) is 1. The Morgan fingerprint density at radius 2 is 1.79 bits per heavy atom. The Balaban J connectivity index is 1.84. The van der Waals surface area contributed by atoms with E-state index in [9.17, 15) is 18.3 Å². The Bertz CT molecular complexity index is 472. The molecule has 6 nitrogen and oxygen atoms in total. The lowest BCUT2D eigenvalue weighted by atomic mass is 9.89. The Hall–Kier alpha value is -0.660. The molecule has 108 valence electrons. The lowest BCUT2D eigenvalue weighted by Gasteiger charge is -2.32. The summed E-state index contributed by atoms with van der Waals surface area (Å²) in [6.45, 7) is 1.16. The van der Waals surface area contributed by atoms with Gasteiger partial charge in [0.1, 0.15) is 0 Å². The fourth-order valence-electron chi connectivity index (χ4n) is 3.79. The molecule has 2 bridgehead atoms. The van der Waals surface area contributed by atoms with Gasteiger partial charge in [0, 0.05) is 25.2 Å². The van der Waals surface area contributed by atoms with Crippen molar-refractivity contribution < 1.29 is 18.3 Å². The van der Waals surface area contributed by atoms with Crippen molar-refractivity contribution in [3.05, 3.63) is 0 Å². The van der Waals surface area contributed by atoms with E-state index in [1.54, 1.807) is 4.31 Å². The summed E-state index contributed by atoms with van der Waals surface area (Å²) in [6.07, 6.45) is 4.87. The summed E-state index contributed by atoms with van der Waals surface area (Å²) in [5, 5.41) is 9.19. The van der Waals surface area contributed by atoms with Crippen LogP contribution in [0, 0.1) is 5.92 Å². The van der Waals surface area contributed by atoms with E-state index >= 15 is 0 Å². The minimum atomic E-state index is -3.46. The molecule has 19 heavy (non-hydrogen) atoms. The van der Waals surface area contributed by atoms with Gasteiger partial charge in [0.05, 0.1) is 5.92 Å². The van der Waals surface area contributed by atoms with Gasteiger partial charge in [-0.15, -0.1) is 0 Å². The van der Waals surface area contributed by atoms with Gasteiger partial charge >= 0.3 is 5.97 Å². The number of carbonyl (C=O) groups is 1. The highest BCUT2D eigenvalue weighted by Crippen LogP contribution is 2.44. The first-order valence-corrected chi connectivity index (χ1v) is 8.43. The first-order chi connectivity index (χ1) is 9.01. The highest BCUT2D eigenvalue weighted by molar-refractivity contribution is 7.86. The van der Waals surface area contributed by atoms with Crippen molar-refractivity contribution >= 4 is 16.2 Å². The first kappa shape index (κ1) is 13.3. The predicted molar refractivity (Wildman–Crippen MR) is 68.7 cm³/mol. The third-order valence-electron chi connectivity index (χ3n) is 4.70. The second-order valence-electron chi connectivity index (χ2n) is 5.78. The van der Waals surface area contributed by atoms with Crippen LogP contribution in [0.1, 0.15) is 38.5 Å². The van der Waals surface area contributed by atoms with Gasteiger partial charge in [-0.05, 0) is 32.1 Å². The van der Waals surface area contributed by atoms with Crippen molar-refractivity contribution in [1.82, 2.24) is 8.61 Å². The van der Waals surface area contributed by atoms with Crippen LogP contribution >= 0.6 is 0 Å². The van der Waals surface area contributed by atoms with E-state index in [4.69, 9.17) is 0 Å². The third kappa shape index (κ3) is 2.08. The summed E-state index contributed by atoms with van der Waals surface area (Å²) in [5.74, 6) is -1.37. The summed E-state index contributed by atoms with van der Waals surface area (Å²) in [5.41, 5.74) is 0. The number of carboxylic acids is 1. The molecular weight excluding hydrogens is 268 g/mol. The Morgan fingerprint density at radius 3 is 2.37 bits per heavy atom. The monoisotopic (exact) mass is 288 g/mol. The topological polar surface area (TPSA) is 77.9 Å². The van der Waals surface area contributed by atoms with Crippen LogP contribution in [-0.4, -0.2) is 53.3 Å². The van der Waals surface area contributed by atoms with Gasteiger partial charge in [0.15, 0.2) is 0 Å². The van der Waals surface area contributed by atoms with Gasteiger partial charge in [-0.2, -0.15) is 17.0 Å². The normalized spacial score (nSPS) is 36.7. The van der Waals surface area contributed by atoms with Crippen LogP contribution in [0.3, 0.4) is 0 Å². The number of nitrogens with zero attached hydrogens (tertiary/aromatic N) is 2. The van der Waals surface area contributed by atoms with Crippen LogP contribution in [0.25, 0.3) is 0 Å². The molecule has 0 radical (unpaired) electrons. The zero-order valence-corrected chi connectivity index (χ0v) is 11.7. The van der Waals surface area contributed by atoms with E-state index in [1.165, 1.54) is 4.31 Å². The van der Waals surface area contributed by atoms with Crippen molar-refractivity contribution in [3.8, 4) is 0 Å². The summed E-state index contributed by atoms with van der Waals surface area (Å²) >= 11 is 0. The molecule has 1 N–H and O–H groups in total. The van der Waals surface area contributed by atoms with E-state index in [1.807, 2.05) is 0 Å². The summed E-state index contributed by atoms with van der Waals surface area (Å²) in [6, 6.07) is -0.424. The maximum atomic E-state index is 12.7. The average Bonchev–Trinajstić information content (AvgIpc) is 2.98. The summed E-state index contributed by atoms with van der Waals surface area (Å²) in [4.78, 5) is 11.2. The molecule has 3 rings (SSSR count). The van der Waals surface area contributed by atoms with E-state index in [2.05, 4.69) is 0 Å². The molecule has 3 heterocycles. The molecule has 0 aromatic carbocycles. The van der Waals surface area contributed by atoms with Crippen LogP contribution < -0.4 is 0 Å². The summed E-state index contributed by atoms with van der Waals surface area (Å²) < 4.78 is 28.4. The fraction of sp³-hybridized carbons (Fsp3) is 0.917. The SMILES string of the molecule is O=C(O)C1CC2CCC1N2S(=O)(=O)N1CCCCC1. The second kappa shape index (κ2) is 4.71. The molecule has 0 spiro atoms. The lowest BCUT2D eigenvalue weighted by Crippen LogP contribution is -2.48. The number of hydrogen-bond acceptors (Lipinski definition) is 3. The minimum Gasteiger partial charge on any atom is -0.481 e. The molecule has 7 heteroatoms.